The molecule has 0 unspecified atom stereocenters. The lowest BCUT2D eigenvalue weighted by Crippen LogP contribution is -1.98. The highest BCUT2D eigenvalue weighted by Crippen LogP contribution is 2.41. The first-order valence-electron chi connectivity index (χ1n) is 4.64. The van der Waals surface area contributed by atoms with Crippen molar-refractivity contribution in [1.82, 2.24) is 0 Å². The summed E-state index contributed by atoms with van der Waals surface area (Å²) >= 11 is 1.21. The molecule has 2 aromatic rings. The second-order valence-corrected chi connectivity index (χ2v) is 4.10. The summed E-state index contributed by atoms with van der Waals surface area (Å²) < 4.78 is 0.945. The quantitative estimate of drug-likeness (QED) is 0.640. The maximum Gasteiger partial charge on any atom is 0.348 e. The first-order valence-corrected chi connectivity index (χ1v) is 5.45. The standard InChI is InChI=1S/C10H10N2O2S/c1-2-11-9-7-5-3-4-6-8(7)15-10(9)12(13)14/h3-6,11H,2H2,1H3. The van der Waals surface area contributed by atoms with Crippen LogP contribution in [-0.2, 0) is 0 Å². The molecule has 0 spiro atoms. The van der Waals surface area contributed by atoms with Crippen molar-refractivity contribution >= 4 is 32.1 Å². The third-order valence-corrected chi connectivity index (χ3v) is 3.22. The van der Waals surface area contributed by atoms with Gasteiger partial charge in [0, 0.05) is 16.6 Å². The van der Waals surface area contributed by atoms with E-state index in [0.717, 1.165) is 10.1 Å². The van der Waals surface area contributed by atoms with Crippen LogP contribution in [0.4, 0.5) is 10.7 Å². The first kappa shape index (κ1) is 9.92. The molecule has 1 aromatic heterocycles. The van der Waals surface area contributed by atoms with E-state index in [2.05, 4.69) is 5.32 Å². The van der Waals surface area contributed by atoms with Gasteiger partial charge >= 0.3 is 5.00 Å². The molecule has 0 fully saturated rings. The van der Waals surface area contributed by atoms with Crippen molar-refractivity contribution in [3.05, 3.63) is 34.4 Å². The van der Waals surface area contributed by atoms with Crippen LogP contribution in [0.2, 0.25) is 0 Å². The zero-order valence-corrected chi connectivity index (χ0v) is 9.00. The Kier molecular flexibility index (Phi) is 2.55. The van der Waals surface area contributed by atoms with E-state index in [9.17, 15) is 10.1 Å². The highest BCUT2D eigenvalue weighted by atomic mass is 32.1. The fourth-order valence-corrected chi connectivity index (χ4v) is 2.50. The van der Waals surface area contributed by atoms with Gasteiger partial charge in [0.25, 0.3) is 0 Å². The van der Waals surface area contributed by atoms with Crippen molar-refractivity contribution in [3.8, 4) is 0 Å². The predicted molar refractivity (Wildman–Crippen MR) is 62.6 cm³/mol. The number of anilines is 1. The Morgan fingerprint density at radius 1 is 1.47 bits per heavy atom. The summed E-state index contributed by atoms with van der Waals surface area (Å²) in [5.41, 5.74) is 0.642. The van der Waals surface area contributed by atoms with Crippen molar-refractivity contribution < 1.29 is 4.92 Å². The Hall–Kier alpha value is -1.62. The van der Waals surface area contributed by atoms with Crippen molar-refractivity contribution in [3.63, 3.8) is 0 Å². The van der Waals surface area contributed by atoms with Crippen molar-refractivity contribution in [2.75, 3.05) is 11.9 Å². The number of hydrogen-bond acceptors (Lipinski definition) is 4. The number of nitrogens with zero attached hydrogens (tertiary/aromatic N) is 1. The number of hydrogen-bond donors (Lipinski definition) is 1. The Labute approximate surface area is 90.7 Å². The highest BCUT2D eigenvalue weighted by molar-refractivity contribution is 7.23. The number of fused-ring (bicyclic) bond motifs is 1. The summed E-state index contributed by atoms with van der Waals surface area (Å²) in [6.07, 6.45) is 0. The van der Waals surface area contributed by atoms with Crippen LogP contribution >= 0.6 is 11.3 Å². The monoisotopic (exact) mass is 222 g/mol. The lowest BCUT2D eigenvalue weighted by molar-refractivity contribution is -0.379. The number of rotatable bonds is 3. The summed E-state index contributed by atoms with van der Waals surface area (Å²) in [4.78, 5) is 10.5. The van der Waals surface area contributed by atoms with Gasteiger partial charge in [0.1, 0.15) is 5.69 Å². The van der Waals surface area contributed by atoms with E-state index < -0.39 is 0 Å². The average molecular weight is 222 g/mol. The maximum absolute atomic E-state index is 10.8. The molecule has 78 valence electrons. The molecule has 1 heterocycles. The molecule has 0 aliphatic carbocycles. The minimum atomic E-state index is -0.331. The summed E-state index contributed by atoms with van der Waals surface area (Å²) in [6.45, 7) is 2.61. The fourth-order valence-electron chi connectivity index (χ4n) is 1.51. The molecule has 2 rings (SSSR count). The Morgan fingerprint density at radius 2 is 2.20 bits per heavy atom. The zero-order chi connectivity index (χ0) is 10.8. The largest absolute Gasteiger partial charge is 0.378 e. The molecule has 0 bridgehead atoms. The van der Waals surface area contributed by atoms with Gasteiger partial charge in [-0.2, -0.15) is 0 Å². The SMILES string of the molecule is CCNc1c([N+](=O)[O-])sc2ccccc12. The molecule has 0 saturated carbocycles. The Balaban J connectivity index is 2.68. The molecule has 15 heavy (non-hydrogen) atoms. The van der Waals surface area contributed by atoms with Gasteiger partial charge in [-0.15, -0.1) is 0 Å². The van der Waals surface area contributed by atoms with Crippen LogP contribution in [-0.4, -0.2) is 11.5 Å². The normalized spacial score (nSPS) is 10.5. The molecule has 1 aromatic carbocycles. The molecule has 0 amide bonds. The van der Waals surface area contributed by atoms with Gasteiger partial charge in [-0.3, -0.25) is 10.1 Å². The molecular formula is C10H10N2O2S. The van der Waals surface area contributed by atoms with E-state index >= 15 is 0 Å². The van der Waals surface area contributed by atoms with E-state index in [1.54, 1.807) is 0 Å². The van der Waals surface area contributed by atoms with Crippen LogP contribution in [0.1, 0.15) is 6.92 Å². The fraction of sp³-hybridized carbons (Fsp3) is 0.200. The molecule has 4 nitrogen and oxygen atoms in total. The van der Waals surface area contributed by atoms with Gasteiger partial charge in [-0.05, 0) is 13.0 Å². The molecule has 0 atom stereocenters. The van der Waals surface area contributed by atoms with Gasteiger partial charge in [0.15, 0.2) is 0 Å². The molecule has 1 N–H and O–H groups in total. The van der Waals surface area contributed by atoms with Crippen LogP contribution in [0.15, 0.2) is 24.3 Å². The van der Waals surface area contributed by atoms with E-state index in [-0.39, 0.29) is 9.92 Å². The van der Waals surface area contributed by atoms with Gasteiger partial charge in [-0.25, -0.2) is 0 Å². The van der Waals surface area contributed by atoms with Gasteiger partial charge in [0.2, 0.25) is 0 Å². The highest BCUT2D eigenvalue weighted by Gasteiger charge is 2.20. The zero-order valence-electron chi connectivity index (χ0n) is 8.19. The smallest absolute Gasteiger partial charge is 0.348 e. The third kappa shape index (κ3) is 1.66. The van der Waals surface area contributed by atoms with Crippen molar-refractivity contribution in [2.24, 2.45) is 0 Å². The third-order valence-electron chi connectivity index (χ3n) is 2.10. The maximum atomic E-state index is 10.8. The summed E-state index contributed by atoms with van der Waals surface area (Å²) in [7, 11) is 0. The molecule has 5 heteroatoms. The molecule has 0 aliphatic heterocycles. The van der Waals surface area contributed by atoms with E-state index in [1.165, 1.54) is 11.3 Å². The van der Waals surface area contributed by atoms with E-state index in [0.29, 0.717) is 12.2 Å². The van der Waals surface area contributed by atoms with E-state index in [1.807, 2.05) is 31.2 Å². The van der Waals surface area contributed by atoms with Crippen LogP contribution in [0.25, 0.3) is 10.1 Å². The summed E-state index contributed by atoms with van der Waals surface area (Å²) in [6, 6.07) is 7.57. The molecular weight excluding hydrogens is 212 g/mol. The lowest BCUT2D eigenvalue weighted by atomic mass is 10.2. The van der Waals surface area contributed by atoms with Crippen LogP contribution in [0.3, 0.4) is 0 Å². The van der Waals surface area contributed by atoms with Gasteiger partial charge in [-0.1, -0.05) is 29.5 Å². The number of nitro groups is 1. The van der Waals surface area contributed by atoms with Gasteiger partial charge < -0.3 is 5.32 Å². The second kappa shape index (κ2) is 3.86. The summed E-state index contributed by atoms with van der Waals surface area (Å²) in [5, 5.41) is 15.0. The number of benzene rings is 1. The lowest BCUT2D eigenvalue weighted by Gasteiger charge is -1.99. The van der Waals surface area contributed by atoms with Crippen LogP contribution in [0, 0.1) is 10.1 Å². The molecule has 0 aliphatic rings. The topological polar surface area (TPSA) is 55.2 Å². The number of thiophene rings is 1. The summed E-state index contributed by atoms with van der Waals surface area (Å²) in [5.74, 6) is 0. The van der Waals surface area contributed by atoms with Crippen LogP contribution in [0.5, 0.6) is 0 Å². The van der Waals surface area contributed by atoms with Crippen molar-refractivity contribution in [2.45, 2.75) is 6.92 Å². The van der Waals surface area contributed by atoms with Crippen LogP contribution < -0.4 is 5.32 Å². The Morgan fingerprint density at radius 3 is 2.87 bits per heavy atom. The average Bonchev–Trinajstić information content (AvgIpc) is 2.58. The second-order valence-electron chi connectivity index (χ2n) is 3.07. The minimum Gasteiger partial charge on any atom is -0.378 e. The number of nitrogens with one attached hydrogen (secondary N) is 1. The Bertz CT molecular complexity index is 507. The van der Waals surface area contributed by atoms with Gasteiger partial charge in [0.05, 0.1) is 4.92 Å². The van der Waals surface area contributed by atoms with E-state index in [4.69, 9.17) is 0 Å². The molecule has 0 radical (unpaired) electrons. The first-order chi connectivity index (χ1) is 7.24. The molecule has 0 saturated heterocycles. The van der Waals surface area contributed by atoms with Crippen molar-refractivity contribution in [1.29, 1.82) is 0 Å². The minimum absolute atomic E-state index is 0.193. The predicted octanol–water partition coefficient (Wildman–Crippen LogP) is 3.24.